The van der Waals surface area contributed by atoms with Crippen LogP contribution in [-0.2, 0) is 11.3 Å². The smallest absolute Gasteiger partial charge is 0.271 e. The van der Waals surface area contributed by atoms with Gasteiger partial charge in [-0.3, -0.25) is 9.59 Å². The van der Waals surface area contributed by atoms with Gasteiger partial charge in [0.25, 0.3) is 5.91 Å². The lowest BCUT2D eigenvalue weighted by Gasteiger charge is -2.24. The number of nitrogens with one attached hydrogen (secondary N) is 1. The zero-order valence-corrected chi connectivity index (χ0v) is 23.5. The Bertz CT molecular complexity index is 1540. The molecule has 0 aliphatic carbocycles. The molecule has 3 aromatic carbocycles. The number of carbonyl (C=O) groups is 2. The maximum Gasteiger partial charge on any atom is 0.271 e. The second-order valence-electron chi connectivity index (χ2n) is 9.92. The van der Waals surface area contributed by atoms with E-state index in [2.05, 4.69) is 67.1 Å². The minimum atomic E-state index is -0.280. The van der Waals surface area contributed by atoms with Crippen LogP contribution < -0.4 is 5.43 Å². The Balaban J connectivity index is 1.25. The topological polar surface area (TPSA) is 66.7 Å². The summed E-state index contributed by atoms with van der Waals surface area (Å²) in [7, 11) is 0. The SMILES string of the molecule is Cc1ccc(-n2c(C)cc(/C=N/NC(=O)c3ccc(C4SCC(=O)N4Cc4ccccc4)cc3)c2C)cc1C. The first-order valence-electron chi connectivity index (χ1n) is 13.0. The van der Waals surface area contributed by atoms with Crippen LogP contribution in [0.4, 0.5) is 0 Å². The summed E-state index contributed by atoms with van der Waals surface area (Å²) in [5.74, 6) is 0.303. The highest BCUT2D eigenvalue weighted by atomic mass is 32.2. The fourth-order valence-electron chi connectivity index (χ4n) is 4.89. The van der Waals surface area contributed by atoms with Gasteiger partial charge in [0.2, 0.25) is 5.91 Å². The molecule has 0 saturated carbocycles. The van der Waals surface area contributed by atoms with Gasteiger partial charge in [-0.05, 0) is 80.3 Å². The number of hydrogen-bond donors (Lipinski definition) is 1. The lowest BCUT2D eigenvalue weighted by molar-refractivity contribution is -0.128. The standard InChI is InChI=1S/C32H32N4O2S/c1-21-10-15-29(16-22(21)2)36-23(3)17-28(24(36)4)18-33-34-31(38)26-11-13-27(14-12-26)32-35(30(37)20-39-32)19-25-8-6-5-7-9-25/h5-18,32H,19-20H2,1-4H3,(H,34,38)/b33-18+. The third-order valence-electron chi connectivity index (χ3n) is 7.21. The lowest BCUT2D eigenvalue weighted by atomic mass is 10.1. The van der Waals surface area contributed by atoms with Crippen LogP contribution in [0.5, 0.6) is 0 Å². The summed E-state index contributed by atoms with van der Waals surface area (Å²) in [6.07, 6.45) is 1.69. The van der Waals surface area contributed by atoms with Crippen molar-refractivity contribution < 1.29 is 9.59 Å². The predicted molar refractivity (Wildman–Crippen MR) is 158 cm³/mol. The van der Waals surface area contributed by atoms with Crippen LogP contribution in [-0.4, -0.2) is 33.2 Å². The highest BCUT2D eigenvalue weighted by Crippen LogP contribution is 2.39. The fraction of sp³-hybridized carbons (Fsp3) is 0.219. The third-order valence-corrected chi connectivity index (χ3v) is 8.47. The number of thioether (sulfide) groups is 1. The number of nitrogens with zero attached hydrogens (tertiary/aromatic N) is 3. The van der Waals surface area contributed by atoms with Crippen molar-refractivity contribution in [1.82, 2.24) is 14.9 Å². The maximum atomic E-state index is 12.8. The Morgan fingerprint density at radius 2 is 1.72 bits per heavy atom. The summed E-state index contributed by atoms with van der Waals surface area (Å²) in [4.78, 5) is 27.2. The third kappa shape index (κ3) is 5.68. The van der Waals surface area contributed by atoms with Crippen LogP contribution in [0.25, 0.3) is 5.69 Å². The lowest BCUT2D eigenvalue weighted by Crippen LogP contribution is -2.27. The largest absolute Gasteiger partial charge is 0.322 e. The molecule has 5 rings (SSSR count). The first kappa shape index (κ1) is 26.5. The van der Waals surface area contributed by atoms with Crippen molar-refractivity contribution in [2.45, 2.75) is 39.6 Å². The van der Waals surface area contributed by atoms with E-state index in [9.17, 15) is 9.59 Å². The molecule has 1 aliphatic rings. The van der Waals surface area contributed by atoms with Gasteiger partial charge in [-0.2, -0.15) is 5.10 Å². The average Bonchev–Trinajstić information content (AvgIpc) is 3.44. The van der Waals surface area contributed by atoms with Crippen LogP contribution in [0, 0.1) is 27.7 Å². The number of benzene rings is 3. The Morgan fingerprint density at radius 1 is 0.974 bits per heavy atom. The Kier molecular flexibility index (Phi) is 7.70. The molecule has 1 N–H and O–H groups in total. The summed E-state index contributed by atoms with van der Waals surface area (Å²) in [5.41, 5.74) is 12.0. The first-order valence-corrected chi connectivity index (χ1v) is 14.0. The monoisotopic (exact) mass is 536 g/mol. The van der Waals surface area contributed by atoms with Crippen molar-refractivity contribution in [2.24, 2.45) is 5.10 Å². The Morgan fingerprint density at radius 3 is 2.44 bits per heavy atom. The molecule has 1 aliphatic heterocycles. The second-order valence-corrected chi connectivity index (χ2v) is 11.0. The molecule has 1 fully saturated rings. The van der Waals surface area contributed by atoms with Crippen molar-refractivity contribution in [2.75, 3.05) is 5.75 Å². The number of hydrazone groups is 1. The summed E-state index contributed by atoms with van der Waals surface area (Å²) >= 11 is 1.61. The van der Waals surface area contributed by atoms with Gasteiger partial charge in [-0.1, -0.05) is 48.5 Å². The van der Waals surface area contributed by atoms with E-state index in [0.29, 0.717) is 17.9 Å². The number of amides is 2. The fourth-order valence-corrected chi connectivity index (χ4v) is 6.07. The average molecular weight is 537 g/mol. The number of aryl methyl sites for hydroxylation is 3. The molecule has 6 nitrogen and oxygen atoms in total. The van der Waals surface area contributed by atoms with Crippen LogP contribution in [0.2, 0.25) is 0 Å². The van der Waals surface area contributed by atoms with Gasteiger partial charge in [-0.15, -0.1) is 11.8 Å². The first-order chi connectivity index (χ1) is 18.8. The maximum absolute atomic E-state index is 12.8. The molecule has 7 heteroatoms. The van der Waals surface area contributed by atoms with Gasteiger partial charge < -0.3 is 9.47 Å². The van der Waals surface area contributed by atoms with Crippen LogP contribution in [0.1, 0.15) is 54.9 Å². The van der Waals surface area contributed by atoms with E-state index in [1.165, 1.54) is 11.1 Å². The quantitative estimate of drug-likeness (QED) is 0.224. The number of carbonyl (C=O) groups excluding carboxylic acids is 2. The molecule has 1 aromatic heterocycles. The van der Waals surface area contributed by atoms with Gasteiger partial charge in [-0.25, -0.2) is 5.43 Å². The van der Waals surface area contributed by atoms with E-state index in [4.69, 9.17) is 0 Å². The van der Waals surface area contributed by atoms with Crippen LogP contribution >= 0.6 is 11.8 Å². The van der Waals surface area contributed by atoms with Gasteiger partial charge in [0.15, 0.2) is 0 Å². The van der Waals surface area contributed by atoms with E-state index in [1.807, 2.05) is 47.4 Å². The van der Waals surface area contributed by atoms with Crippen molar-refractivity contribution >= 4 is 29.8 Å². The summed E-state index contributed by atoms with van der Waals surface area (Å²) < 4.78 is 2.20. The van der Waals surface area contributed by atoms with Crippen LogP contribution in [0.3, 0.4) is 0 Å². The normalized spacial score (nSPS) is 15.3. The van der Waals surface area contributed by atoms with Crippen molar-refractivity contribution in [3.05, 3.63) is 124 Å². The van der Waals surface area contributed by atoms with Crippen LogP contribution in [0.15, 0.2) is 84.0 Å². The molecule has 4 aromatic rings. The minimum Gasteiger partial charge on any atom is -0.322 e. The van der Waals surface area contributed by atoms with Gasteiger partial charge >= 0.3 is 0 Å². The predicted octanol–water partition coefficient (Wildman–Crippen LogP) is 6.25. The van der Waals surface area contributed by atoms with Crippen molar-refractivity contribution in [1.29, 1.82) is 0 Å². The minimum absolute atomic E-state index is 0.0691. The second kappa shape index (κ2) is 11.3. The number of aromatic nitrogens is 1. The van der Waals surface area contributed by atoms with E-state index < -0.39 is 0 Å². The Labute approximate surface area is 233 Å². The molecule has 198 valence electrons. The van der Waals surface area contributed by atoms with E-state index in [0.717, 1.165) is 33.8 Å². The molecule has 1 saturated heterocycles. The molecule has 0 radical (unpaired) electrons. The molecule has 0 bridgehead atoms. The number of hydrogen-bond acceptors (Lipinski definition) is 4. The van der Waals surface area contributed by atoms with E-state index >= 15 is 0 Å². The molecule has 2 amide bonds. The zero-order chi connectivity index (χ0) is 27.5. The molecular weight excluding hydrogens is 504 g/mol. The summed E-state index contributed by atoms with van der Waals surface area (Å²) in [5, 5.41) is 4.16. The molecule has 39 heavy (non-hydrogen) atoms. The van der Waals surface area contributed by atoms with Crippen molar-refractivity contribution in [3.63, 3.8) is 0 Å². The highest BCUT2D eigenvalue weighted by molar-refractivity contribution is 8.00. The van der Waals surface area contributed by atoms with Gasteiger partial charge in [0, 0.05) is 34.7 Å². The molecule has 0 spiro atoms. The molecule has 2 heterocycles. The molecule has 1 atom stereocenters. The number of rotatable bonds is 7. The van der Waals surface area contributed by atoms with E-state index in [1.54, 1.807) is 30.1 Å². The Hall–Kier alpha value is -4.10. The van der Waals surface area contributed by atoms with E-state index in [-0.39, 0.29) is 17.2 Å². The zero-order valence-electron chi connectivity index (χ0n) is 22.6. The molecular formula is C32H32N4O2S. The highest BCUT2D eigenvalue weighted by Gasteiger charge is 2.32. The van der Waals surface area contributed by atoms with Crippen molar-refractivity contribution in [3.8, 4) is 5.69 Å². The van der Waals surface area contributed by atoms with Gasteiger partial charge in [0.05, 0.1) is 12.0 Å². The summed E-state index contributed by atoms with van der Waals surface area (Å²) in [6, 6.07) is 25.9. The summed E-state index contributed by atoms with van der Waals surface area (Å²) in [6.45, 7) is 8.91. The molecule has 1 unspecified atom stereocenters. The van der Waals surface area contributed by atoms with Gasteiger partial charge in [0.1, 0.15) is 5.37 Å².